The molecule has 2 aromatic carbocycles. The van der Waals surface area contributed by atoms with Gasteiger partial charge in [0.15, 0.2) is 5.16 Å². The number of aromatic nitrogens is 2. The van der Waals surface area contributed by atoms with Gasteiger partial charge in [0.2, 0.25) is 11.5 Å². The zero-order valence-electron chi connectivity index (χ0n) is 18.6. The first-order valence-electron chi connectivity index (χ1n) is 11.0. The number of ether oxygens (including phenoxy) is 1. The number of aryl methyl sites for hydroxylation is 2. The van der Waals surface area contributed by atoms with E-state index in [4.69, 9.17) is 14.1 Å². The fraction of sp³-hybridized carbons (Fsp3) is 0.320. The van der Waals surface area contributed by atoms with Gasteiger partial charge in [-0.3, -0.25) is 14.2 Å². The maximum atomic E-state index is 13.4. The molecule has 1 fully saturated rings. The van der Waals surface area contributed by atoms with Crippen LogP contribution in [0.25, 0.3) is 22.1 Å². The number of carbonyl (C=O) groups is 1. The Labute approximate surface area is 195 Å². The van der Waals surface area contributed by atoms with E-state index in [0.717, 1.165) is 35.0 Å². The molecule has 0 spiro atoms. The van der Waals surface area contributed by atoms with Crippen molar-refractivity contribution >= 4 is 45.4 Å². The Morgan fingerprint density at radius 1 is 1.24 bits per heavy atom. The van der Waals surface area contributed by atoms with Crippen LogP contribution in [0, 0.1) is 13.8 Å². The normalized spacial score (nSPS) is 16.0. The molecule has 8 heteroatoms. The van der Waals surface area contributed by atoms with Gasteiger partial charge in [-0.1, -0.05) is 41.6 Å². The number of hydrogen-bond acceptors (Lipinski definition) is 6. The lowest BCUT2D eigenvalue weighted by molar-refractivity contribution is -0.113. The summed E-state index contributed by atoms with van der Waals surface area (Å²) in [4.78, 5) is 30.8. The van der Waals surface area contributed by atoms with Crippen LogP contribution in [0.3, 0.4) is 0 Å². The standard InChI is InChI=1S/C25H25N3O4S/c1-15-9-10-19(16(2)12-15)26-21(29)14-33-25-27-22-18-7-3-4-8-20(18)32-23(22)24(30)28(25)13-17-6-5-11-31-17/h3-4,7-10,12,17H,5-6,11,13-14H2,1-2H3,(H,26,29). The van der Waals surface area contributed by atoms with Gasteiger partial charge in [-0.05, 0) is 50.5 Å². The number of anilines is 1. The third-order valence-electron chi connectivity index (χ3n) is 5.85. The van der Waals surface area contributed by atoms with Crippen molar-refractivity contribution in [2.75, 3.05) is 17.7 Å². The van der Waals surface area contributed by atoms with E-state index in [9.17, 15) is 9.59 Å². The monoisotopic (exact) mass is 463 g/mol. The molecule has 0 bridgehead atoms. The van der Waals surface area contributed by atoms with Crippen LogP contribution >= 0.6 is 11.8 Å². The summed E-state index contributed by atoms with van der Waals surface area (Å²) in [6.07, 6.45) is 1.82. The third kappa shape index (κ3) is 4.41. The van der Waals surface area contributed by atoms with Gasteiger partial charge in [-0.2, -0.15) is 0 Å². The average Bonchev–Trinajstić information content (AvgIpc) is 3.44. The first-order valence-corrected chi connectivity index (χ1v) is 12.0. The molecule has 170 valence electrons. The molecule has 3 heterocycles. The molecule has 0 radical (unpaired) electrons. The van der Waals surface area contributed by atoms with Crippen LogP contribution in [0.2, 0.25) is 0 Å². The highest BCUT2D eigenvalue weighted by atomic mass is 32.2. The lowest BCUT2D eigenvalue weighted by atomic mass is 10.1. The summed E-state index contributed by atoms with van der Waals surface area (Å²) in [6.45, 7) is 5.07. The van der Waals surface area contributed by atoms with Crippen LogP contribution in [0.5, 0.6) is 0 Å². The number of nitrogens with zero attached hydrogens (tertiary/aromatic N) is 2. The van der Waals surface area contributed by atoms with E-state index in [1.165, 1.54) is 11.8 Å². The SMILES string of the molecule is Cc1ccc(NC(=O)CSc2nc3c(oc4ccccc43)c(=O)n2CC2CCCO2)c(C)c1. The topological polar surface area (TPSA) is 86.4 Å². The van der Waals surface area contributed by atoms with Gasteiger partial charge in [0.05, 0.1) is 18.4 Å². The summed E-state index contributed by atoms with van der Waals surface area (Å²) < 4.78 is 13.2. The Morgan fingerprint density at radius 3 is 2.88 bits per heavy atom. The molecular formula is C25H25N3O4S. The maximum Gasteiger partial charge on any atom is 0.297 e. The number of rotatable bonds is 6. The molecule has 1 saturated heterocycles. The Balaban J connectivity index is 1.46. The zero-order valence-corrected chi connectivity index (χ0v) is 19.4. The quantitative estimate of drug-likeness (QED) is 0.330. The highest BCUT2D eigenvalue weighted by Gasteiger charge is 2.23. The predicted molar refractivity (Wildman–Crippen MR) is 130 cm³/mol. The van der Waals surface area contributed by atoms with Crippen molar-refractivity contribution in [3.63, 3.8) is 0 Å². The molecule has 7 nitrogen and oxygen atoms in total. The summed E-state index contributed by atoms with van der Waals surface area (Å²) in [5, 5.41) is 4.24. The number of nitrogens with one attached hydrogen (secondary N) is 1. The predicted octanol–water partition coefficient (Wildman–Crippen LogP) is 4.67. The van der Waals surface area contributed by atoms with Crippen molar-refractivity contribution in [1.29, 1.82) is 0 Å². The van der Waals surface area contributed by atoms with Gasteiger partial charge in [0.25, 0.3) is 5.56 Å². The number of amides is 1. The molecular weight excluding hydrogens is 438 g/mol. The molecule has 5 rings (SSSR count). The van der Waals surface area contributed by atoms with Crippen LogP contribution < -0.4 is 10.9 Å². The van der Waals surface area contributed by atoms with Crippen LogP contribution in [0.4, 0.5) is 5.69 Å². The van der Waals surface area contributed by atoms with Crippen molar-refractivity contribution in [3.05, 3.63) is 63.9 Å². The lowest BCUT2D eigenvalue weighted by Crippen LogP contribution is -2.29. The van der Waals surface area contributed by atoms with E-state index >= 15 is 0 Å². The summed E-state index contributed by atoms with van der Waals surface area (Å²) in [6, 6.07) is 13.4. The summed E-state index contributed by atoms with van der Waals surface area (Å²) in [7, 11) is 0. The number of para-hydroxylation sites is 1. The summed E-state index contributed by atoms with van der Waals surface area (Å²) in [5.74, 6) is -0.0194. The smallest absolute Gasteiger partial charge is 0.297 e. The van der Waals surface area contributed by atoms with Crippen molar-refractivity contribution in [2.24, 2.45) is 0 Å². The Hall–Kier alpha value is -3.10. The second-order valence-corrected chi connectivity index (χ2v) is 9.32. The highest BCUT2D eigenvalue weighted by molar-refractivity contribution is 7.99. The van der Waals surface area contributed by atoms with E-state index < -0.39 is 0 Å². The minimum Gasteiger partial charge on any atom is -0.448 e. The zero-order chi connectivity index (χ0) is 22.9. The van der Waals surface area contributed by atoms with E-state index in [-0.39, 0.29) is 28.9 Å². The fourth-order valence-electron chi connectivity index (χ4n) is 4.19. The van der Waals surface area contributed by atoms with Crippen molar-refractivity contribution in [1.82, 2.24) is 9.55 Å². The number of fused-ring (bicyclic) bond motifs is 3. The molecule has 1 atom stereocenters. The lowest BCUT2D eigenvalue weighted by Gasteiger charge is -2.15. The largest absolute Gasteiger partial charge is 0.448 e. The maximum absolute atomic E-state index is 13.4. The van der Waals surface area contributed by atoms with Gasteiger partial charge >= 0.3 is 0 Å². The molecule has 1 aliphatic rings. The molecule has 1 N–H and O–H groups in total. The van der Waals surface area contributed by atoms with Crippen molar-refractivity contribution in [3.8, 4) is 0 Å². The van der Waals surface area contributed by atoms with Gasteiger partial charge in [-0.15, -0.1) is 0 Å². The second kappa shape index (κ2) is 9.03. The molecule has 2 aromatic heterocycles. The minimum absolute atomic E-state index is 0.0466. The van der Waals surface area contributed by atoms with Gasteiger partial charge < -0.3 is 14.5 Å². The second-order valence-electron chi connectivity index (χ2n) is 8.38. The molecule has 0 saturated carbocycles. The number of carbonyl (C=O) groups excluding carboxylic acids is 1. The Kier molecular flexibility index (Phi) is 5.95. The van der Waals surface area contributed by atoms with Gasteiger partial charge in [0, 0.05) is 17.7 Å². The molecule has 33 heavy (non-hydrogen) atoms. The molecule has 1 aliphatic heterocycles. The number of furan rings is 1. The van der Waals surface area contributed by atoms with Gasteiger partial charge in [-0.25, -0.2) is 4.98 Å². The number of benzene rings is 2. The van der Waals surface area contributed by atoms with Crippen molar-refractivity contribution in [2.45, 2.75) is 44.5 Å². The summed E-state index contributed by atoms with van der Waals surface area (Å²) in [5.41, 5.74) is 4.07. The molecule has 4 aromatic rings. The molecule has 1 amide bonds. The van der Waals surface area contributed by atoms with E-state index in [2.05, 4.69) is 5.32 Å². The first kappa shape index (κ1) is 21.7. The fourth-order valence-corrected chi connectivity index (χ4v) is 4.99. The van der Waals surface area contributed by atoms with Crippen LogP contribution in [0.1, 0.15) is 24.0 Å². The van der Waals surface area contributed by atoms with E-state index in [0.29, 0.717) is 29.4 Å². The minimum atomic E-state index is -0.246. The highest BCUT2D eigenvalue weighted by Crippen LogP contribution is 2.28. The van der Waals surface area contributed by atoms with E-state index in [1.807, 2.05) is 56.3 Å². The third-order valence-corrected chi connectivity index (χ3v) is 6.82. The first-order chi connectivity index (χ1) is 16.0. The Morgan fingerprint density at radius 2 is 2.09 bits per heavy atom. The molecule has 1 unspecified atom stereocenters. The Bertz CT molecular complexity index is 1400. The van der Waals surface area contributed by atoms with Crippen molar-refractivity contribution < 1.29 is 13.9 Å². The average molecular weight is 464 g/mol. The van der Waals surface area contributed by atoms with E-state index in [1.54, 1.807) is 4.57 Å². The number of thioether (sulfide) groups is 1. The molecule has 0 aliphatic carbocycles. The number of hydrogen-bond donors (Lipinski definition) is 1. The van der Waals surface area contributed by atoms with Crippen LogP contribution in [-0.4, -0.2) is 33.9 Å². The summed E-state index contributed by atoms with van der Waals surface area (Å²) >= 11 is 1.25. The van der Waals surface area contributed by atoms with Crippen LogP contribution in [-0.2, 0) is 16.1 Å². The van der Waals surface area contributed by atoms with Gasteiger partial charge in [0.1, 0.15) is 11.1 Å². The van der Waals surface area contributed by atoms with Crippen LogP contribution in [0.15, 0.2) is 56.8 Å².